The molecule has 3 heteroatoms. The molecule has 2 rings (SSSR count). The van der Waals surface area contributed by atoms with Crippen molar-refractivity contribution in [2.45, 2.75) is 27.2 Å². The van der Waals surface area contributed by atoms with Crippen LogP contribution in [-0.4, -0.2) is 18.4 Å². The summed E-state index contributed by atoms with van der Waals surface area (Å²) in [5, 5.41) is 0. The molecule has 0 spiro atoms. The molecule has 2 fully saturated rings. The Hall–Kier alpha value is -0.860. The van der Waals surface area contributed by atoms with E-state index in [1.807, 2.05) is 0 Å². The maximum Gasteiger partial charge on any atom is 0.374 e. The van der Waals surface area contributed by atoms with E-state index in [0.717, 1.165) is 6.42 Å². The highest BCUT2D eigenvalue weighted by atomic mass is 16.5. The maximum absolute atomic E-state index is 11.6. The van der Waals surface area contributed by atoms with Gasteiger partial charge in [-0.05, 0) is 30.6 Å². The molecule has 2 aliphatic carbocycles. The minimum Gasteiger partial charge on any atom is -0.460 e. The third-order valence-corrected chi connectivity index (χ3v) is 3.61. The first-order valence-electron chi connectivity index (χ1n) is 5.20. The number of rotatable bonds is 3. The molecule has 0 amide bonds. The molecular formula is C11H16O3. The lowest BCUT2D eigenvalue weighted by atomic mass is 9.72. The lowest BCUT2D eigenvalue weighted by Crippen LogP contribution is -2.25. The molecule has 0 radical (unpaired) electrons. The van der Waals surface area contributed by atoms with Gasteiger partial charge in [-0.25, -0.2) is 4.79 Å². The monoisotopic (exact) mass is 196 g/mol. The Morgan fingerprint density at radius 2 is 2.07 bits per heavy atom. The van der Waals surface area contributed by atoms with Gasteiger partial charge in [-0.15, -0.1) is 0 Å². The highest BCUT2D eigenvalue weighted by Crippen LogP contribution is 2.71. The number of carbonyl (C=O) groups excluding carboxylic acids is 2. The van der Waals surface area contributed by atoms with E-state index in [2.05, 4.69) is 13.8 Å². The average Bonchev–Trinajstić information content (AvgIpc) is 2.73. The fraction of sp³-hybridized carbons (Fsp3) is 0.818. The van der Waals surface area contributed by atoms with Gasteiger partial charge in [-0.3, -0.25) is 4.79 Å². The van der Waals surface area contributed by atoms with Gasteiger partial charge in [-0.1, -0.05) is 13.8 Å². The van der Waals surface area contributed by atoms with Crippen molar-refractivity contribution >= 4 is 11.8 Å². The molecule has 0 saturated heterocycles. The van der Waals surface area contributed by atoms with Gasteiger partial charge in [-0.2, -0.15) is 0 Å². The molecule has 0 unspecified atom stereocenters. The number of Topliss-reactive ketones (excluding diaryl/α,β-unsaturated/α-hetero) is 1. The Balaban J connectivity index is 1.94. The molecule has 2 aliphatic rings. The van der Waals surface area contributed by atoms with E-state index in [4.69, 9.17) is 4.74 Å². The van der Waals surface area contributed by atoms with Crippen molar-refractivity contribution in [1.29, 1.82) is 0 Å². The highest BCUT2D eigenvalue weighted by molar-refractivity contribution is 6.35. The van der Waals surface area contributed by atoms with Gasteiger partial charge >= 0.3 is 5.97 Å². The Labute approximate surface area is 83.8 Å². The zero-order chi connectivity index (χ0) is 10.5. The van der Waals surface area contributed by atoms with Gasteiger partial charge in [0.2, 0.25) is 5.78 Å². The molecule has 0 aliphatic heterocycles. The van der Waals surface area contributed by atoms with Crippen LogP contribution in [0.5, 0.6) is 0 Å². The number of ether oxygens (including phenoxy) is 1. The molecule has 3 nitrogen and oxygen atoms in total. The van der Waals surface area contributed by atoms with Gasteiger partial charge in [0, 0.05) is 5.92 Å². The van der Waals surface area contributed by atoms with Gasteiger partial charge in [0.1, 0.15) is 0 Å². The fourth-order valence-electron chi connectivity index (χ4n) is 2.97. The number of esters is 1. The predicted molar refractivity (Wildman–Crippen MR) is 50.5 cm³/mol. The lowest BCUT2D eigenvalue weighted by Gasteiger charge is -2.32. The summed E-state index contributed by atoms with van der Waals surface area (Å²) < 4.78 is 4.71. The van der Waals surface area contributed by atoms with Crippen LogP contribution in [0.4, 0.5) is 0 Å². The van der Waals surface area contributed by atoms with Crippen LogP contribution in [0.25, 0.3) is 0 Å². The largest absolute Gasteiger partial charge is 0.460 e. The van der Waals surface area contributed by atoms with Gasteiger partial charge < -0.3 is 4.74 Å². The zero-order valence-corrected chi connectivity index (χ0v) is 8.87. The van der Waals surface area contributed by atoms with Crippen molar-refractivity contribution in [3.63, 3.8) is 0 Å². The van der Waals surface area contributed by atoms with Crippen LogP contribution in [0.15, 0.2) is 0 Å². The van der Waals surface area contributed by atoms with Crippen LogP contribution in [0, 0.1) is 23.2 Å². The second-order valence-corrected chi connectivity index (χ2v) is 4.99. The van der Waals surface area contributed by atoms with E-state index in [9.17, 15) is 9.59 Å². The number of hydrogen-bond donors (Lipinski definition) is 0. The van der Waals surface area contributed by atoms with Crippen LogP contribution in [-0.2, 0) is 14.3 Å². The summed E-state index contributed by atoms with van der Waals surface area (Å²) in [5.74, 6) is -0.0412. The first-order chi connectivity index (χ1) is 6.49. The summed E-state index contributed by atoms with van der Waals surface area (Å²) >= 11 is 0. The molecule has 0 aromatic rings. The predicted octanol–water partition coefficient (Wildman–Crippen LogP) is 1.41. The standard InChI is InChI=1S/C11H16O3/c1-4-14-10(13)9(12)7-6-5-11(2,3)8(6)7/h6-8H,4-5H2,1-3H3/t6-,7-,8-/m0/s1. The molecule has 3 atom stereocenters. The highest BCUT2D eigenvalue weighted by Gasteiger charge is 2.70. The summed E-state index contributed by atoms with van der Waals surface area (Å²) in [6.07, 6.45) is 1.08. The first-order valence-corrected chi connectivity index (χ1v) is 5.20. The van der Waals surface area contributed by atoms with E-state index in [-0.39, 0.29) is 23.7 Å². The minimum atomic E-state index is -0.636. The molecule has 2 saturated carbocycles. The third kappa shape index (κ3) is 1.18. The Kier molecular flexibility index (Phi) is 1.95. The number of carbonyl (C=O) groups is 2. The van der Waals surface area contributed by atoms with Crippen molar-refractivity contribution in [3.05, 3.63) is 0 Å². The fourth-order valence-corrected chi connectivity index (χ4v) is 2.97. The van der Waals surface area contributed by atoms with Crippen LogP contribution in [0.1, 0.15) is 27.2 Å². The van der Waals surface area contributed by atoms with E-state index < -0.39 is 5.97 Å². The van der Waals surface area contributed by atoms with Crippen molar-refractivity contribution in [3.8, 4) is 0 Å². The van der Waals surface area contributed by atoms with Crippen molar-refractivity contribution in [2.75, 3.05) is 6.61 Å². The quantitative estimate of drug-likeness (QED) is 0.506. The van der Waals surface area contributed by atoms with Gasteiger partial charge in [0.15, 0.2) is 0 Å². The van der Waals surface area contributed by atoms with E-state index in [1.54, 1.807) is 6.92 Å². The third-order valence-electron chi connectivity index (χ3n) is 3.61. The van der Waals surface area contributed by atoms with Crippen LogP contribution < -0.4 is 0 Å². The van der Waals surface area contributed by atoms with Gasteiger partial charge in [0.05, 0.1) is 6.61 Å². The number of fused-ring (bicyclic) bond motifs is 1. The number of ketones is 1. The SMILES string of the molecule is CCOC(=O)C(=O)[C@H]1[C@@H]2CC(C)(C)[C@@H]21. The average molecular weight is 196 g/mol. The molecular weight excluding hydrogens is 180 g/mol. The van der Waals surface area contributed by atoms with Gasteiger partial charge in [0.25, 0.3) is 0 Å². The Morgan fingerprint density at radius 3 is 2.43 bits per heavy atom. The molecule has 0 bridgehead atoms. The smallest absolute Gasteiger partial charge is 0.374 e. The molecule has 0 heterocycles. The molecule has 78 valence electrons. The van der Waals surface area contributed by atoms with E-state index >= 15 is 0 Å². The van der Waals surface area contributed by atoms with Crippen LogP contribution in [0.3, 0.4) is 0 Å². The molecule has 0 aromatic carbocycles. The Bertz CT molecular complexity index is 293. The minimum absolute atomic E-state index is 0.0240. The summed E-state index contributed by atoms with van der Waals surface area (Å²) in [4.78, 5) is 22.8. The second-order valence-electron chi connectivity index (χ2n) is 4.99. The first kappa shape index (κ1) is 9.69. The van der Waals surface area contributed by atoms with E-state index in [1.165, 1.54) is 0 Å². The zero-order valence-electron chi connectivity index (χ0n) is 8.87. The molecule has 14 heavy (non-hydrogen) atoms. The maximum atomic E-state index is 11.6. The number of hydrogen-bond acceptors (Lipinski definition) is 3. The van der Waals surface area contributed by atoms with Crippen LogP contribution >= 0.6 is 0 Å². The van der Waals surface area contributed by atoms with Crippen molar-refractivity contribution in [1.82, 2.24) is 0 Å². The summed E-state index contributed by atoms with van der Waals surface area (Å²) in [5.41, 5.74) is 0.261. The normalized spacial score (nSPS) is 36.6. The lowest BCUT2D eigenvalue weighted by molar-refractivity contribution is -0.154. The van der Waals surface area contributed by atoms with Crippen molar-refractivity contribution in [2.24, 2.45) is 23.2 Å². The second kappa shape index (κ2) is 2.81. The Morgan fingerprint density at radius 1 is 1.43 bits per heavy atom. The van der Waals surface area contributed by atoms with E-state index in [0.29, 0.717) is 11.8 Å². The van der Waals surface area contributed by atoms with Crippen LogP contribution in [0.2, 0.25) is 0 Å². The summed E-state index contributed by atoms with van der Waals surface area (Å²) in [7, 11) is 0. The van der Waals surface area contributed by atoms with Crippen molar-refractivity contribution < 1.29 is 14.3 Å². The summed E-state index contributed by atoms with van der Waals surface area (Å²) in [6, 6.07) is 0. The summed E-state index contributed by atoms with van der Waals surface area (Å²) in [6.45, 7) is 6.33. The molecule has 0 N–H and O–H groups in total. The topological polar surface area (TPSA) is 43.4 Å². The molecule has 0 aromatic heterocycles.